The molecule has 2 heterocycles. The molecule has 1 amide bonds. The van der Waals surface area contributed by atoms with Gasteiger partial charge in [0.25, 0.3) is 0 Å². The van der Waals surface area contributed by atoms with Crippen molar-refractivity contribution >= 4 is 11.6 Å². The number of pyridine rings is 1. The molecule has 2 aliphatic rings. The quantitative estimate of drug-likeness (QED) is 0.874. The van der Waals surface area contributed by atoms with Crippen LogP contribution in [0.4, 0.5) is 5.69 Å². The third kappa shape index (κ3) is 3.80. The molecule has 4 heteroatoms. The molecule has 136 valence electrons. The Balaban J connectivity index is 1.46. The number of benzene rings is 1. The van der Waals surface area contributed by atoms with E-state index in [1.807, 2.05) is 36.5 Å². The second-order valence-electron chi connectivity index (χ2n) is 7.64. The number of carbonyl (C=O) groups excluding carboxylic acids is 1. The number of amides is 1. The number of hydrogen-bond donors (Lipinski definition) is 2. The van der Waals surface area contributed by atoms with E-state index < -0.39 is 0 Å². The Morgan fingerprint density at radius 3 is 2.69 bits per heavy atom. The maximum Gasteiger partial charge on any atom is 0.229 e. The van der Waals surface area contributed by atoms with E-state index in [-0.39, 0.29) is 11.8 Å². The Morgan fingerprint density at radius 2 is 1.88 bits per heavy atom. The molecule has 1 saturated carbocycles. The molecule has 1 saturated heterocycles. The molecular weight excluding hydrogens is 322 g/mol. The van der Waals surface area contributed by atoms with Gasteiger partial charge in [-0.05, 0) is 42.1 Å². The molecule has 1 aliphatic heterocycles. The van der Waals surface area contributed by atoms with Gasteiger partial charge in [0.15, 0.2) is 0 Å². The van der Waals surface area contributed by atoms with Gasteiger partial charge in [-0.1, -0.05) is 50.3 Å². The summed E-state index contributed by atoms with van der Waals surface area (Å²) < 4.78 is 0. The summed E-state index contributed by atoms with van der Waals surface area (Å²) in [5, 5.41) is 6.62. The number of hydrogen-bond acceptors (Lipinski definition) is 3. The lowest BCUT2D eigenvalue weighted by Crippen LogP contribution is -2.33. The smallest absolute Gasteiger partial charge is 0.229 e. The van der Waals surface area contributed by atoms with Crippen molar-refractivity contribution in [1.29, 1.82) is 0 Å². The summed E-state index contributed by atoms with van der Waals surface area (Å²) in [6.45, 7) is 1.79. The largest absolute Gasteiger partial charge is 0.326 e. The van der Waals surface area contributed by atoms with E-state index in [2.05, 4.69) is 21.7 Å². The maximum atomic E-state index is 13.0. The molecule has 1 aromatic heterocycles. The highest BCUT2D eigenvalue weighted by Gasteiger charge is 2.38. The lowest BCUT2D eigenvalue weighted by atomic mass is 9.75. The fourth-order valence-corrected chi connectivity index (χ4v) is 4.59. The van der Waals surface area contributed by atoms with E-state index in [9.17, 15) is 4.79 Å². The topological polar surface area (TPSA) is 54.0 Å². The van der Waals surface area contributed by atoms with Crippen LogP contribution in [-0.4, -0.2) is 24.0 Å². The van der Waals surface area contributed by atoms with Gasteiger partial charge in [-0.25, -0.2) is 0 Å². The Kier molecular flexibility index (Phi) is 5.30. The number of aromatic nitrogens is 1. The minimum absolute atomic E-state index is 0.0835. The highest BCUT2D eigenvalue weighted by molar-refractivity contribution is 5.93. The number of rotatable bonds is 4. The summed E-state index contributed by atoms with van der Waals surface area (Å²) in [7, 11) is 0. The van der Waals surface area contributed by atoms with Crippen LogP contribution in [0.2, 0.25) is 0 Å². The molecule has 4 rings (SSSR count). The normalized spacial score (nSPS) is 23.7. The van der Waals surface area contributed by atoms with Crippen LogP contribution in [0.25, 0.3) is 11.1 Å². The van der Waals surface area contributed by atoms with E-state index in [0.29, 0.717) is 11.8 Å². The van der Waals surface area contributed by atoms with Gasteiger partial charge in [0, 0.05) is 30.2 Å². The lowest BCUT2D eigenvalue weighted by Gasteiger charge is -2.30. The third-order valence-electron chi connectivity index (χ3n) is 5.98. The Hall–Kier alpha value is -2.20. The van der Waals surface area contributed by atoms with Gasteiger partial charge in [0.2, 0.25) is 5.91 Å². The average molecular weight is 349 g/mol. The predicted molar refractivity (Wildman–Crippen MR) is 105 cm³/mol. The van der Waals surface area contributed by atoms with Crippen LogP contribution >= 0.6 is 0 Å². The Labute approximate surface area is 155 Å². The first kappa shape index (κ1) is 17.2. The van der Waals surface area contributed by atoms with Crippen LogP contribution in [0.1, 0.15) is 32.1 Å². The van der Waals surface area contributed by atoms with Crippen LogP contribution in [0.5, 0.6) is 0 Å². The fourth-order valence-electron chi connectivity index (χ4n) is 4.59. The molecule has 2 aromatic rings. The second-order valence-corrected chi connectivity index (χ2v) is 7.64. The molecule has 2 atom stereocenters. The van der Waals surface area contributed by atoms with Gasteiger partial charge in [-0.15, -0.1) is 0 Å². The molecule has 2 fully saturated rings. The highest BCUT2D eigenvalue weighted by atomic mass is 16.1. The van der Waals surface area contributed by atoms with Crippen molar-refractivity contribution in [1.82, 2.24) is 10.3 Å². The van der Waals surface area contributed by atoms with Crippen LogP contribution in [0.3, 0.4) is 0 Å². The van der Waals surface area contributed by atoms with E-state index >= 15 is 0 Å². The maximum absolute atomic E-state index is 13.0. The lowest BCUT2D eigenvalue weighted by molar-refractivity contribution is -0.121. The van der Waals surface area contributed by atoms with Crippen molar-refractivity contribution in [2.45, 2.75) is 32.1 Å². The SMILES string of the molecule is O=C(Nc1cccc(-c2cccnc2)c1)[C@H]1CNC[C@@H]1C1CCCCC1. The minimum atomic E-state index is 0.0835. The second kappa shape index (κ2) is 8.00. The van der Waals surface area contributed by atoms with Gasteiger partial charge >= 0.3 is 0 Å². The first-order valence-electron chi connectivity index (χ1n) is 9.83. The zero-order valence-corrected chi connectivity index (χ0v) is 15.2. The number of anilines is 1. The zero-order valence-electron chi connectivity index (χ0n) is 15.2. The summed E-state index contributed by atoms with van der Waals surface area (Å²) in [6.07, 6.45) is 10.2. The van der Waals surface area contributed by atoms with E-state index in [1.54, 1.807) is 6.20 Å². The highest BCUT2D eigenvalue weighted by Crippen LogP contribution is 2.36. The van der Waals surface area contributed by atoms with E-state index in [1.165, 1.54) is 32.1 Å². The van der Waals surface area contributed by atoms with E-state index in [0.717, 1.165) is 29.9 Å². The molecular formula is C22H27N3O. The molecule has 1 aliphatic carbocycles. The molecule has 4 nitrogen and oxygen atoms in total. The van der Waals surface area contributed by atoms with Crippen molar-refractivity contribution in [2.75, 3.05) is 18.4 Å². The van der Waals surface area contributed by atoms with Crippen molar-refractivity contribution in [2.24, 2.45) is 17.8 Å². The van der Waals surface area contributed by atoms with Gasteiger partial charge in [-0.2, -0.15) is 0 Å². The number of nitrogens with zero attached hydrogens (tertiary/aromatic N) is 1. The summed E-state index contributed by atoms with van der Waals surface area (Å²) in [5.41, 5.74) is 3.00. The summed E-state index contributed by atoms with van der Waals surface area (Å²) in [5.74, 6) is 1.43. The van der Waals surface area contributed by atoms with Crippen molar-refractivity contribution in [3.63, 3.8) is 0 Å². The number of carbonyl (C=O) groups is 1. The van der Waals surface area contributed by atoms with E-state index in [4.69, 9.17) is 0 Å². The molecule has 0 unspecified atom stereocenters. The third-order valence-corrected chi connectivity index (χ3v) is 5.98. The summed E-state index contributed by atoms with van der Waals surface area (Å²) in [6, 6.07) is 12.0. The van der Waals surface area contributed by atoms with Gasteiger partial charge in [0.1, 0.15) is 0 Å². The minimum Gasteiger partial charge on any atom is -0.326 e. The van der Waals surface area contributed by atoms with Gasteiger partial charge in [-0.3, -0.25) is 9.78 Å². The molecule has 26 heavy (non-hydrogen) atoms. The standard InChI is InChI=1S/C22H27N3O/c26-22(21-15-24-14-20(21)16-6-2-1-3-7-16)25-19-10-4-8-17(12-19)18-9-5-11-23-13-18/h4-5,8-13,16,20-21,24H,1-3,6-7,14-15H2,(H,25,26)/t20-,21+/m1/s1. The Bertz CT molecular complexity index is 740. The zero-order chi connectivity index (χ0) is 17.8. The van der Waals surface area contributed by atoms with Crippen LogP contribution in [0.15, 0.2) is 48.8 Å². The van der Waals surface area contributed by atoms with Crippen molar-refractivity contribution in [3.05, 3.63) is 48.8 Å². The first-order valence-corrected chi connectivity index (χ1v) is 9.83. The Morgan fingerprint density at radius 1 is 1.04 bits per heavy atom. The predicted octanol–water partition coefficient (Wildman–Crippen LogP) is 4.10. The van der Waals surface area contributed by atoms with Crippen molar-refractivity contribution in [3.8, 4) is 11.1 Å². The number of nitrogens with one attached hydrogen (secondary N) is 2. The van der Waals surface area contributed by atoms with Crippen LogP contribution in [0, 0.1) is 17.8 Å². The molecule has 0 bridgehead atoms. The first-order chi connectivity index (χ1) is 12.8. The molecule has 0 radical (unpaired) electrons. The van der Waals surface area contributed by atoms with Gasteiger partial charge in [0.05, 0.1) is 5.92 Å². The van der Waals surface area contributed by atoms with Crippen LogP contribution < -0.4 is 10.6 Å². The van der Waals surface area contributed by atoms with Gasteiger partial charge < -0.3 is 10.6 Å². The average Bonchev–Trinajstić information content (AvgIpc) is 3.20. The fraction of sp³-hybridized carbons (Fsp3) is 0.455. The molecule has 1 aromatic carbocycles. The summed E-state index contributed by atoms with van der Waals surface area (Å²) >= 11 is 0. The molecule has 2 N–H and O–H groups in total. The van der Waals surface area contributed by atoms with Crippen molar-refractivity contribution < 1.29 is 4.79 Å². The van der Waals surface area contributed by atoms with Crippen LogP contribution in [-0.2, 0) is 4.79 Å². The molecule has 0 spiro atoms. The summed E-state index contributed by atoms with van der Waals surface area (Å²) in [4.78, 5) is 17.1. The monoisotopic (exact) mass is 349 g/mol.